The van der Waals surface area contributed by atoms with Gasteiger partial charge in [-0.3, -0.25) is 5.32 Å². The van der Waals surface area contributed by atoms with Crippen molar-refractivity contribution >= 4 is 28.2 Å². The van der Waals surface area contributed by atoms with Gasteiger partial charge in [-0.2, -0.15) is 0 Å². The molecule has 2 amide bonds. The molecule has 134 valence electrons. The van der Waals surface area contributed by atoms with Crippen molar-refractivity contribution in [2.24, 2.45) is 5.92 Å². The fourth-order valence-corrected chi connectivity index (χ4v) is 3.59. The van der Waals surface area contributed by atoms with Crippen LogP contribution >= 0.6 is 11.3 Å². The molecule has 1 fully saturated rings. The molecule has 1 aliphatic rings. The van der Waals surface area contributed by atoms with Gasteiger partial charge in [0.05, 0.1) is 0 Å². The van der Waals surface area contributed by atoms with Gasteiger partial charge >= 0.3 is 6.03 Å². The summed E-state index contributed by atoms with van der Waals surface area (Å²) in [6.45, 7) is 4.69. The lowest BCUT2D eigenvalue weighted by Crippen LogP contribution is -2.34. The number of aliphatic hydroxyl groups excluding tert-OH is 1. The molecule has 0 spiro atoms. The van der Waals surface area contributed by atoms with Crippen LogP contribution in [0.5, 0.6) is 0 Å². The largest absolute Gasteiger partial charge is 0.396 e. The van der Waals surface area contributed by atoms with E-state index in [9.17, 15) is 9.90 Å². The van der Waals surface area contributed by atoms with Gasteiger partial charge in [-0.1, -0.05) is 12.1 Å². The van der Waals surface area contributed by atoms with E-state index in [1.54, 1.807) is 6.20 Å². The lowest BCUT2D eigenvalue weighted by Gasteiger charge is -2.33. The molecule has 0 aliphatic carbocycles. The van der Waals surface area contributed by atoms with Gasteiger partial charge in [-0.05, 0) is 43.4 Å². The quantitative estimate of drug-likeness (QED) is 0.766. The SMILES string of the molecule is Cc1cnc(NC(=O)NCc2ccc(N3CCC(CO)CC3)cc2)s1. The molecule has 0 saturated carbocycles. The van der Waals surface area contributed by atoms with Crippen molar-refractivity contribution in [3.05, 3.63) is 40.9 Å². The maximum atomic E-state index is 11.9. The third-order valence-electron chi connectivity index (χ3n) is 4.47. The van der Waals surface area contributed by atoms with Gasteiger partial charge in [-0.25, -0.2) is 9.78 Å². The van der Waals surface area contributed by atoms with Crippen LogP contribution < -0.4 is 15.5 Å². The van der Waals surface area contributed by atoms with Gasteiger partial charge in [0.15, 0.2) is 5.13 Å². The van der Waals surface area contributed by atoms with Crippen molar-refractivity contribution in [2.75, 3.05) is 29.9 Å². The van der Waals surface area contributed by atoms with E-state index in [0.717, 1.165) is 36.4 Å². The average Bonchev–Trinajstić information content (AvgIpc) is 3.05. The number of amides is 2. The first kappa shape index (κ1) is 17.7. The normalized spacial score (nSPS) is 15.2. The zero-order valence-corrected chi connectivity index (χ0v) is 15.2. The molecule has 1 aliphatic heterocycles. The lowest BCUT2D eigenvalue weighted by molar-refractivity contribution is 0.203. The van der Waals surface area contributed by atoms with Crippen molar-refractivity contribution in [2.45, 2.75) is 26.3 Å². The highest BCUT2D eigenvalue weighted by Gasteiger charge is 2.18. The number of benzene rings is 1. The smallest absolute Gasteiger partial charge is 0.321 e. The van der Waals surface area contributed by atoms with Crippen LogP contribution in [0.1, 0.15) is 23.3 Å². The topological polar surface area (TPSA) is 77.5 Å². The summed E-state index contributed by atoms with van der Waals surface area (Å²) in [5, 5.41) is 15.4. The van der Waals surface area contributed by atoms with E-state index >= 15 is 0 Å². The second-order valence-electron chi connectivity index (χ2n) is 6.36. The Bertz CT molecular complexity index is 693. The van der Waals surface area contributed by atoms with E-state index in [-0.39, 0.29) is 6.03 Å². The number of piperidine rings is 1. The number of thiazole rings is 1. The van der Waals surface area contributed by atoms with Crippen molar-refractivity contribution in [1.29, 1.82) is 0 Å². The minimum Gasteiger partial charge on any atom is -0.396 e. The Hall–Kier alpha value is -2.12. The van der Waals surface area contributed by atoms with Crippen molar-refractivity contribution < 1.29 is 9.90 Å². The summed E-state index contributed by atoms with van der Waals surface area (Å²) in [6.07, 6.45) is 3.81. The van der Waals surface area contributed by atoms with Crippen LogP contribution in [0.4, 0.5) is 15.6 Å². The highest BCUT2D eigenvalue weighted by atomic mass is 32.1. The van der Waals surface area contributed by atoms with E-state index in [0.29, 0.717) is 24.2 Å². The van der Waals surface area contributed by atoms with E-state index in [4.69, 9.17) is 0 Å². The number of aromatic nitrogens is 1. The first-order chi connectivity index (χ1) is 12.1. The number of anilines is 2. The van der Waals surface area contributed by atoms with Crippen molar-refractivity contribution in [3.8, 4) is 0 Å². The van der Waals surface area contributed by atoms with Crippen molar-refractivity contribution in [3.63, 3.8) is 0 Å². The molecule has 2 heterocycles. The summed E-state index contributed by atoms with van der Waals surface area (Å²) in [7, 11) is 0. The third-order valence-corrected chi connectivity index (χ3v) is 5.30. The Morgan fingerprint density at radius 1 is 1.32 bits per heavy atom. The number of nitrogens with zero attached hydrogens (tertiary/aromatic N) is 2. The maximum absolute atomic E-state index is 11.9. The molecular formula is C18H24N4O2S. The summed E-state index contributed by atoms with van der Waals surface area (Å²) in [5.74, 6) is 0.444. The molecule has 0 atom stereocenters. The summed E-state index contributed by atoms with van der Waals surface area (Å²) < 4.78 is 0. The van der Waals surface area contributed by atoms with Gasteiger partial charge in [-0.15, -0.1) is 11.3 Å². The van der Waals surface area contributed by atoms with Crippen molar-refractivity contribution in [1.82, 2.24) is 10.3 Å². The number of aliphatic hydroxyl groups is 1. The van der Waals surface area contributed by atoms with Gasteiger partial charge in [0.25, 0.3) is 0 Å². The maximum Gasteiger partial charge on any atom is 0.321 e. The van der Waals surface area contributed by atoms with Crippen LogP contribution in [-0.4, -0.2) is 35.8 Å². The summed E-state index contributed by atoms with van der Waals surface area (Å²) in [5.41, 5.74) is 2.25. The van der Waals surface area contributed by atoms with Crippen LogP contribution in [0, 0.1) is 12.8 Å². The number of hydrogen-bond donors (Lipinski definition) is 3. The van der Waals surface area contributed by atoms with Crippen LogP contribution in [0.3, 0.4) is 0 Å². The number of rotatable bonds is 5. The number of aryl methyl sites for hydroxylation is 1. The molecule has 1 aromatic heterocycles. The zero-order chi connectivity index (χ0) is 17.6. The second-order valence-corrected chi connectivity index (χ2v) is 7.60. The molecule has 7 heteroatoms. The van der Waals surface area contributed by atoms with E-state index in [1.165, 1.54) is 17.0 Å². The predicted octanol–water partition coefficient (Wildman–Crippen LogP) is 2.98. The van der Waals surface area contributed by atoms with E-state index in [2.05, 4.69) is 32.7 Å². The molecule has 0 radical (unpaired) electrons. The summed E-state index contributed by atoms with van der Waals surface area (Å²) in [4.78, 5) is 19.4. The molecule has 1 saturated heterocycles. The van der Waals surface area contributed by atoms with E-state index < -0.39 is 0 Å². The lowest BCUT2D eigenvalue weighted by atomic mass is 9.97. The highest BCUT2D eigenvalue weighted by molar-refractivity contribution is 7.15. The second kappa shape index (κ2) is 8.31. The first-order valence-electron chi connectivity index (χ1n) is 8.56. The average molecular weight is 360 g/mol. The molecule has 3 N–H and O–H groups in total. The first-order valence-corrected chi connectivity index (χ1v) is 9.37. The Morgan fingerprint density at radius 3 is 2.64 bits per heavy atom. The van der Waals surface area contributed by atoms with Crippen LogP contribution in [0.15, 0.2) is 30.5 Å². The third kappa shape index (κ3) is 4.93. The molecule has 6 nitrogen and oxygen atoms in total. The number of hydrogen-bond acceptors (Lipinski definition) is 5. The summed E-state index contributed by atoms with van der Waals surface area (Å²) >= 11 is 1.45. The summed E-state index contributed by atoms with van der Waals surface area (Å²) in [6, 6.07) is 8.03. The molecule has 2 aromatic rings. The number of nitrogens with one attached hydrogen (secondary N) is 2. The van der Waals surface area contributed by atoms with Gasteiger partial charge in [0, 0.05) is 43.0 Å². The Balaban J connectivity index is 1.47. The van der Waals surface area contributed by atoms with Gasteiger partial charge in [0.1, 0.15) is 0 Å². The Morgan fingerprint density at radius 2 is 2.04 bits per heavy atom. The van der Waals surface area contributed by atoms with Crippen LogP contribution in [0.2, 0.25) is 0 Å². The van der Waals surface area contributed by atoms with Crippen LogP contribution in [0.25, 0.3) is 0 Å². The molecular weight excluding hydrogens is 336 g/mol. The van der Waals surface area contributed by atoms with E-state index in [1.807, 2.05) is 19.1 Å². The minimum atomic E-state index is -0.246. The highest BCUT2D eigenvalue weighted by Crippen LogP contribution is 2.23. The zero-order valence-electron chi connectivity index (χ0n) is 14.4. The fourth-order valence-electron chi connectivity index (χ4n) is 2.93. The van der Waals surface area contributed by atoms with Gasteiger partial charge < -0.3 is 15.3 Å². The number of carbonyl (C=O) groups excluding carboxylic acids is 1. The molecule has 0 bridgehead atoms. The Kier molecular flexibility index (Phi) is 5.88. The predicted molar refractivity (Wildman–Crippen MR) is 101 cm³/mol. The standard InChI is InChI=1S/C18H24N4O2S/c1-13-10-20-18(25-13)21-17(24)19-11-14-2-4-16(5-3-14)22-8-6-15(12-23)7-9-22/h2-5,10,15,23H,6-9,11-12H2,1H3,(H2,19,20,21,24). The molecule has 25 heavy (non-hydrogen) atoms. The monoisotopic (exact) mass is 360 g/mol. The molecule has 1 aromatic carbocycles. The Labute approximate surface area is 151 Å². The van der Waals surface area contributed by atoms with Gasteiger partial charge in [0.2, 0.25) is 0 Å². The minimum absolute atomic E-state index is 0.246. The number of carbonyl (C=O) groups is 1. The molecule has 3 rings (SSSR count). The van der Waals surface area contributed by atoms with Crippen LogP contribution in [-0.2, 0) is 6.54 Å². The fraction of sp³-hybridized carbons (Fsp3) is 0.444. The number of urea groups is 1. The molecule has 0 unspecified atom stereocenters.